The monoisotopic (exact) mass is 380 g/mol. The van der Waals surface area contributed by atoms with E-state index >= 15 is 0 Å². The van der Waals surface area contributed by atoms with Gasteiger partial charge < -0.3 is 9.64 Å². The van der Waals surface area contributed by atoms with E-state index in [1.165, 1.54) is 12.1 Å². The Balaban J connectivity index is 1.66. The third-order valence-electron chi connectivity index (χ3n) is 3.81. The highest BCUT2D eigenvalue weighted by Gasteiger charge is 2.28. The second kappa shape index (κ2) is 7.53. The second-order valence-corrected chi connectivity index (χ2v) is 7.79. The summed E-state index contributed by atoms with van der Waals surface area (Å²) in [6.45, 7) is 0.255. The standard InChI is InChI=1S/C17H17ClN2O4S/c18-13-5-4-8-16(9-13)25(22,23)19-10-15-11-20(17(21)12-24-15)14-6-2-1-3-7-14/h1-9,15,19H,10-12H2. The van der Waals surface area contributed by atoms with Crippen molar-refractivity contribution in [3.05, 3.63) is 59.6 Å². The third-order valence-corrected chi connectivity index (χ3v) is 5.46. The van der Waals surface area contributed by atoms with Crippen LogP contribution in [-0.2, 0) is 19.6 Å². The molecule has 25 heavy (non-hydrogen) atoms. The van der Waals surface area contributed by atoms with Crippen LogP contribution < -0.4 is 9.62 Å². The van der Waals surface area contributed by atoms with Gasteiger partial charge in [0.05, 0.1) is 17.5 Å². The summed E-state index contributed by atoms with van der Waals surface area (Å²) in [5.74, 6) is -0.153. The SMILES string of the molecule is O=C1COC(CNS(=O)(=O)c2cccc(Cl)c2)CN1c1ccccc1. The van der Waals surface area contributed by atoms with Crippen molar-refractivity contribution in [3.63, 3.8) is 0 Å². The number of nitrogens with zero attached hydrogens (tertiary/aromatic N) is 1. The van der Waals surface area contributed by atoms with Crippen LogP contribution >= 0.6 is 11.6 Å². The molecule has 6 nitrogen and oxygen atoms in total. The molecule has 0 radical (unpaired) electrons. The van der Waals surface area contributed by atoms with E-state index in [9.17, 15) is 13.2 Å². The highest BCUT2D eigenvalue weighted by Crippen LogP contribution is 2.19. The van der Waals surface area contributed by atoms with Gasteiger partial charge in [-0.3, -0.25) is 4.79 Å². The summed E-state index contributed by atoms with van der Waals surface area (Å²) in [5.41, 5.74) is 0.762. The maximum absolute atomic E-state index is 12.3. The lowest BCUT2D eigenvalue weighted by Crippen LogP contribution is -2.50. The van der Waals surface area contributed by atoms with E-state index in [1.54, 1.807) is 17.0 Å². The molecule has 1 aliphatic heterocycles. The minimum absolute atomic E-state index is 0.0610. The van der Waals surface area contributed by atoms with Crippen molar-refractivity contribution >= 4 is 33.2 Å². The first-order valence-electron chi connectivity index (χ1n) is 7.68. The fraction of sp³-hybridized carbons (Fsp3) is 0.235. The molecule has 1 amide bonds. The quantitative estimate of drug-likeness (QED) is 0.861. The predicted octanol–water partition coefficient (Wildman–Crippen LogP) is 2.05. The minimum Gasteiger partial charge on any atom is -0.365 e. The molecular weight excluding hydrogens is 364 g/mol. The Labute approximate surface area is 151 Å². The Kier molecular flexibility index (Phi) is 5.39. The normalized spacial score (nSPS) is 18.4. The van der Waals surface area contributed by atoms with Crippen molar-refractivity contribution in [2.24, 2.45) is 0 Å². The lowest BCUT2D eigenvalue weighted by Gasteiger charge is -2.32. The van der Waals surface area contributed by atoms with Crippen LogP contribution in [0.2, 0.25) is 5.02 Å². The molecule has 1 unspecified atom stereocenters. The highest BCUT2D eigenvalue weighted by atomic mass is 35.5. The maximum Gasteiger partial charge on any atom is 0.253 e. The van der Waals surface area contributed by atoms with Crippen LogP contribution in [0.3, 0.4) is 0 Å². The summed E-state index contributed by atoms with van der Waals surface area (Å²) >= 11 is 5.84. The van der Waals surface area contributed by atoms with Gasteiger partial charge in [-0.2, -0.15) is 0 Å². The van der Waals surface area contributed by atoms with Gasteiger partial charge in [0.25, 0.3) is 5.91 Å². The summed E-state index contributed by atoms with van der Waals surface area (Å²) in [5, 5.41) is 0.345. The number of anilines is 1. The molecule has 0 spiro atoms. The number of hydrogen-bond acceptors (Lipinski definition) is 4. The molecule has 0 aromatic heterocycles. The molecule has 1 aliphatic rings. The summed E-state index contributed by atoms with van der Waals surface area (Å²) in [6.07, 6.45) is -0.438. The number of carbonyl (C=O) groups excluding carboxylic acids is 1. The third kappa shape index (κ3) is 4.38. The number of hydrogen-bond donors (Lipinski definition) is 1. The zero-order valence-corrected chi connectivity index (χ0v) is 14.8. The maximum atomic E-state index is 12.3. The molecule has 3 rings (SSSR count). The van der Waals surface area contributed by atoms with Crippen LogP contribution in [0.25, 0.3) is 0 Å². The number of morpholine rings is 1. The average Bonchev–Trinajstić information content (AvgIpc) is 2.62. The number of benzene rings is 2. The van der Waals surface area contributed by atoms with Gasteiger partial charge in [0.15, 0.2) is 0 Å². The number of ether oxygens (including phenoxy) is 1. The van der Waals surface area contributed by atoms with Crippen molar-refractivity contribution in [3.8, 4) is 0 Å². The van der Waals surface area contributed by atoms with Crippen molar-refractivity contribution in [2.75, 3.05) is 24.6 Å². The van der Waals surface area contributed by atoms with Crippen molar-refractivity contribution < 1.29 is 17.9 Å². The summed E-state index contributed by atoms with van der Waals surface area (Å²) in [7, 11) is -3.70. The van der Waals surface area contributed by atoms with Crippen molar-refractivity contribution in [1.29, 1.82) is 0 Å². The Bertz CT molecular complexity index is 858. The molecule has 2 aromatic carbocycles. The van der Waals surface area contributed by atoms with Crippen LogP contribution in [-0.4, -0.2) is 40.1 Å². The number of sulfonamides is 1. The average molecular weight is 381 g/mol. The van der Waals surface area contributed by atoms with Crippen molar-refractivity contribution in [1.82, 2.24) is 4.72 Å². The van der Waals surface area contributed by atoms with E-state index in [4.69, 9.17) is 16.3 Å². The van der Waals surface area contributed by atoms with Crippen LogP contribution in [0.15, 0.2) is 59.5 Å². The fourth-order valence-corrected chi connectivity index (χ4v) is 3.89. The van der Waals surface area contributed by atoms with Crippen LogP contribution in [0.4, 0.5) is 5.69 Å². The molecule has 2 aromatic rings. The topological polar surface area (TPSA) is 75.7 Å². The summed E-state index contributed by atoms with van der Waals surface area (Å²) in [4.78, 5) is 13.7. The van der Waals surface area contributed by atoms with Crippen LogP contribution in [0.1, 0.15) is 0 Å². The molecule has 1 N–H and O–H groups in total. The van der Waals surface area contributed by atoms with Gasteiger partial charge in [0, 0.05) is 17.3 Å². The Morgan fingerprint density at radius 3 is 2.64 bits per heavy atom. The Hall–Kier alpha value is -1.93. The van der Waals surface area contributed by atoms with Crippen LogP contribution in [0, 0.1) is 0 Å². The summed E-state index contributed by atoms with van der Waals surface area (Å²) in [6, 6.07) is 15.2. The predicted molar refractivity (Wildman–Crippen MR) is 95.2 cm³/mol. The first kappa shape index (κ1) is 17.9. The molecule has 132 valence electrons. The number of para-hydroxylation sites is 1. The van der Waals surface area contributed by atoms with E-state index in [0.29, 0.717) is 5.02 Å². The Morgan fingerprint density at radius 1 is 1.16 bits per heavy atom. The van der Waals surface area contributed by atoms with Gasteiger partial charge in [0.2, 0.25) is 10.0 Å². The van der Waals surface area contributed by atoms with E-state index in [2.05, 4.69) is 4.72 Å². The van der Waals surface area contributed by atoms with E-state index in [0.717, 1.165) is 5.69 Å². The largest absolute Gasteiger partial charge is 0.365 e. The molecule has 0 aliphatic carbocycles. The molecule has 0 bridgehead atoms. The lowest BCUT2D eigenvalue weighted by molar-refractivity contribution is -0.129. The molecule has 1 fully saturated rings. The number of rotatable bonds is 5. The van der Waals surface area contributed by atoms with Gasteiger partial charge in [-0.25, -0.2) is 13.1 Å². The lowest BCUT2D eigenvalue weighted by atomic mass is 10.2. The summed E-state index contributed by atoms with van der Waals surface area (Å²) < 4.78 is 32.6. The molecule has 0 saturated carbocycles. The van der Waals surface area contributed by atoms with Gasteiger partial charge in [-0.1, -0.05) is 35.9 Å². The number of carbonyl (C=O) groups is 1. The van der Waals surface area contributed by atoms with E-state index < -0.39 is 16.1 Å². The van der Waals surface area contributed by atoms with Crippen LogP contribution in [0.5, 0.6) is 0 Å². The molecule has 8 heteroatoms. The van der Waals surface area contributed by atoms with Crippen molar-refractivity contribution in [2.45, 2.75) is 11.0 Å². The second-order valence-electron chi connectivity index (χ2n) is 5.58. The number of amides is 1. The number of nitrogens with one attached hydrogen (secondary N) is 1. The zero-order valence-electron chi connectivity index (χ0n) is 13.3. The minimum atomic E-state index is -3.70. The van der Waals surface area contributed by atoms with Gasteiger partial charge >= 0.3 is 0 Å². The molecular formula is C17H17ClN2O4S. The smallest absolute Gasteiger partial charge is 0.253 e. The highest BCUT2D eigenvalue weighted by molar-refractivity contribution is 7.89. The van der Waals surface area contributed by atoms with E-state index in [1.807, 2.05) is 30.3 Å². The Morgan fingerprint density at radius 2 is 1.92 bits per heavy atom. The fourth-order valence-electron chi connectivity index (χ4n) is 2.53. The zero-order chi connectivity index (χ0) is 17.9. The van der Waals surface area contributed by atoms with Gasteiger partial charge in [-0.05, 0) is 30.3 Å². The first-order valence-corrected chi connectivity index (χ1v) is 9.54. The molecule has 1 atom stereocenters. The number of halogens is 1. The molecule has 1 saturated heterocycles. The first-order chi connectivity index (χ1) is 12.0. The van der Waals surface area contributed by atoms with Gasteiger partial charge in [-0.15, -0.1) is 0 Å². The van der Waals surface area contributed by atoms with Gasteiger partial charge in [0.1, 0.15) is 6.61 Å². The van der Waals surface area contributed by atoms with E-state index in [-0.39, 0.29) is 30.5 Å². The molecule has 1 heterocycles.